The summed E-state index contributed by atoms with van der Waals surface area (Å²) in [5, 5.41) is 2.95. The third-order valence-corrected chi connectivity index (χ3v) is 4.54. The minimum absolute atomic E-state index is 0.0496. The Hall–Kier alpha value is -2.76. The molecule has 0 atom stereocenters. The summed E-state index contributed by atoms with van der Waals surface area (Å²) in [4.78, 5) is 18.6. The summed E-state index contributed by atoms with van der Waals surface area (Å²) in [6.07, 6.45) is 1.70. The van der Waals surface area contributed by atoms with Crippen LogP contribution in [0.4, 0.5) is 4.79 Å². The van der Waals surface area contributed by atoms with Crippen molar-refractivity contribution in [1.29, 1.82) is 0 Å². The van der Waals surface area contributed by atoms with Crippen LogP contribution < -0.4 is 14.8 Å². The number of hydrogen-bond donors (Lipinski definition) is 1. The molecule has 0 aliphatic carbocycles. The summed E-state index contributed by atoms with van der Waals surface area (Å²) in [5.41, 5.74) is 1.82. The Morgan fingerprint density at radius 3 is 2.59 bits per heavy atom. The molecule has 0 bridgehead atoms. The molecular weight excluding hydrogens is 342 g/mol. The SMILES string of the molecule is CCOc1ccccc1OC1CCN(C(=O)NCc2cccc(C)n2)CC1. The van der Waals surface area contributed by atoms with Gasteiger partial charge in [-0.3, -0.25) is 4.98 Å². The molecule has 0 saturated carbocycles. The van der Waals surface area contributed by atoms with Crippen molar-refractivity contribution in [3.63, 3.8) is 0 Å². The molecule has 1 saturated heterocycles. The third-order valence-electron chi connectivity index (χ3n) is 4.54. The molecule has 0 unspecified atom stereocenters. The minimum atomic E-state index is -0.0496. The van der Waals surface area contributed by atoms with Crippen molar-refractivity contribution in [2.75, 3.05) is 19.7 Å². The van der Waals surface area contributed by atoms with Gasteiger partial charge < -0.3 is 19.7 Å². The van der Waals surface area contributed by atoms with Crippen LogP contribution in [0, 0.1) is 6.92 Å². The van der Waals surface area contributed by atoms with Crippen molar-refractivity contribution in [3.05, 3.63) is 53.9 Å². The van der Waals surface area contributed by atoms with E-state index in [-0.39, 0.29) is 12.1 Å². The number of likely N-dealkylation sites (tertiary alicyclic amines) is 1. The summed E-state index contributed by atoms with van der Waals surface area (Å²) in [6.45, 7) is 6.30. The van der Waals surface area contributed by atoms with Crippen molar-refractivity contribution >= 4 is 6.03 Å². The maximum absolute atomic E-state index is 12.4. The number of nitrogens with zero attached hydrogens (tertiary/aromatic N) is 2. The van der Waals surface area contributed by atoms with Crippen molar-refractivity contribution in [1.82, 2.24) is 15.2 Å². The molecule has 2 heterocycles. The fourth-order valence-corrected chi connectivity index (χ4v) is 3.15. The number of amides is 2. The molecule has 6 heteroatoms. The van der Waals surface area contributed by atoms with Crippen molar-refractivity contribution in [2.45, 2.75) is 39.3 Å². The van der Waals surface area contributed by atoms with Gasteiger partial charge in [0.15, 0.2) is 11.5 Å². The number of rotatable bonds is 6. The lowest BCUT2D eigenvalue weighted by Gasteiger charge is -2.32. The molecule has 27 heavy (non-hydrogen) atoms. The van der Waals surface area contributed by atoms with E-state index < -0.39 is 0 Å². The van der Waals surface area contributed by atoms with Crippen LogP contribution in [0.5, 0.6) is 11.5 Å². The highest BCUT2D eigenvalue weighted by Gasteiger charge is 2.24. The first kappa shape index (κ1) is 19.0. The van der Waals surface area contributed by atoms with Crippen molar-refractivity contribution in [2.24, 2.45) is 0 Å². The molecule has 1 fully saturated rings. The van der Waals surface area contributed by atoms with E-state index in [1.54, 1.807) is 0 Å². The average Bonchev–Trinajstić information content (AvgIpc) is 2.68. The Morgan fingerprint density at radius 2 is 1.89 bits per heavy atom. The average molecular weight is 369 g/mol. The number of aryl methyl sites for hydroxylation is 1. The van der Waals surface area contributed by atoms with Gasteiger partial charge in [-0.25, -0.2) is 4.79 Å². The van der Waals surface area contributed by atoms with Gasteiger partial charge in [0.2, 0.25) is 0 Å². The molecule has 1 aliphatic rings. The predicted octanol–water partition coefficient (Wildman–Crippen LogP) is 3.54. The predicted molar refractivity (Wildman–Crippen MR) is 104 cm³/mol. The highest BCUT2D eigenvalue weighted by atomic mass is 16.5. The third kappa shape index (κ3) is 5.36. The van der Waals surface area contributed by atoms with E-state index in [1.807, 2.05) is 61.2 Å². The lowest BCUT2D eigenvalue weighted by Crippen LogP contribution is -2.46. The first-order chi connectivity index (χ1) is 13.2. The first-order valence-corrected chi connectivity index (χ1v) is 9.49. The summed E-state index contributed by atoms with van der Waals surface area (Å²) >= 11 is 0. The van der Waals surface area contributed by atoms with Crippen LogP contribution in [0.2, 0.25) is 0 Å². The number of para-hydroxylation sites is 2. The second kappa shape index (κ2) is 9.26. The number of aromatic nitrogens is 1. The van der Waals surface area contributed by atoms with Gasteiger partial charge in [0.05, 0.1) is 18.8 Å². The highest BCUT2D eigenvalue weighted by Crippen LogP contribution is 2.29. The van der Waals surface area contributed by atoms with E-state index in [4.69, 9.17) is 9.47 Å². The van der Waals surface area contributed by atoms with E-state index in [0.29, 0.717) is 26.2 Å². The quantitative estimate of drug-likeness (QED) is 0.846. The summed E-state index contributed by atoms with van der Waals surface area (Å²) in [5.74, 6) is 1.54. The largest absolute Gasteiger partial charge is 0.490 e. The van der Waals surface area contributed by atoms with E-state index >= 15 is 0 Å². The zero-order valence-corrected chi connectivity index (χ0v) is 16.0. The second-order valence-electron chi connectivity index (χ2n) is 6.61. The number of pyridine rings is 1. The van der Waals surface area contributed by atoms with Crippen LogP contribution in [0.15, 0.2) is 42.5 Å². The van der Waals surface area contributed by atoms with E-state index in [2.05, 4.69) is 10.3 Å². The molecule has 3 rings (SSSR count). The van der Waals surface area contributed by atoms with Gasteiger partial charge in [0.25, 0.3) is 0 Å². The summed E-state index contributed by atoms with van der Waals surface area (Å²) < 4.78 is 11.7. The Kier molecular flexibility index (Phi) is 6.52. The maximum Gasteiger partial charge on any atom is 0.317 e. The first-order valence-electron chi connectivity index (χ1n) is 9.49. The molecule has 1 aliphatic heterocycles. The second-order valence-corrected chi connectivity index (χ2v) is 6.61. The van der Waals surface area contributed by atoms with Gasteiger partial charge in [0.1, 0.15) is 6.10 Å². The number of carbonyl (C=O) groups is 1. The van der Waals surface area contributed by atoms with Crippen molar-refractivity contribution < 1.29 is 14.3 Å². The van der Waals surface area contributed by atoms with Gasteiger partial charge in [-0.15, -0.1) is 0 Å². The smallest absolute Gasteiger partial charge is 0.317 e. The van der Waals surface area contributed by atoms with Crippen molar-refractivity contribution in [3.8, 4) is 11.5 Å². The van der Waals surface area contributed by atoms with Crippen LogP contribution in [-0.2, 0) is 6.54 Å². The topological polar surface area (TPSA) is 63.7 Å². The molecule has 1 N–H and O–H groups in total. The maximum atomic E-state index is 12.4. The fourth-order valence-electron chi connectivity index (χ4n) is 3.15. The minimum Gasteiger partial charge on any atom is -0.490 e. The van der Waals surface area contributed by atoms with Gasteiger partial charge in [-0.05, 0) is 38.1 Å². The Morgan fingerprint density at radius 1 is 1.15 bits per heavy atom. The Bertz CT molecular complexity index is 758. The molecule has 6 nitrogen and oxygen atoms in total. The number of piperidine rings is 1. The standard InChI is InChI=1S/C21H27N3O3/c1-3-26-19-9-4-5-10-20(19)27-18-11-13-24(14-12-18)21(25)22-15-17-8-6-7-16(2)23-17/h4-10,18H,3,11-15H2,1-2H3,(H,22,25). The van der Waals surface area contributed by atoms with Gasteiger partial charge in [0, 0.05) is 31.6 Å². The number of nitrogens with one attached hydrogen (secondary N) is 1. The zero-order chi connectivity index (χ0) is 19.1. The van der Waals surface area contributed by atoms with Crippen LogP contribution in [0.3, 0.4) is 0 Å². The molecule has 144 valence electrons. The Balaban J connectivity index is 1.46. The molecule has 0 radical (unpaired) electrons. The summed E-state index contributed by atoms with van der Waals surface area (Å²) in [6, 6.07) is 13.5. The number of carbonyl (C=O) groups excluding carboxylic acids is 1. The molecule has 2 amide bonds. The molecular formula is C21H27N3O3. The molecule has 1 aromatic heterocycles. The normalized spacial score (nSPS) is 14.7. The number of ether oxygens (including phenoxy) is 2. The number of hydrogen-bond acceptors (Lipinski definition) is 4. The zero-order valence-electron chi connectivity index (χ0n) is 16.0. The lowest BCUT2D eigenvalue weighted by molar-refractivity contribution is 0.107. The van der Waals surface area contributed by atoms with Crippen LogP contribution >= 0.6 is 0 Å². The monoisotopic (exact) mass is 369 g/mol. The Labute approximate surface area is 160 Å². The lowest BCUT2D eigenvalue weighted by atomic mass is 10.1. The highest BCUT2D eigenvalue weighted by molar-refractivity contribution is 5.74. The fraction of sp³-hybridized carbons (Fsp3) is 0.429. The van der Waals surface area contributed by atoms with Gasteiger partial charge in [-0.1, -0.05) is 18.2 Å². The number of benzene rings is 1. The van der Waals surface area contributed by atoms with Gasteiger partial charge >= 0.3 is 6.03 Å². The number of urea groups is 1. The van der Waals surface area contributed by atoms with E-state index in [0.717, 1.165) is 35.7 Å². The van der Waals surface area contributed by atoms with Crippen LogP contribution in [0.25, 0.3) is 0 Å². The molecule has 2 aromatic rings. The summed E-state index contributed by atoms with van der Waals surface area (Å²) in [7, 11) is 0. The van der Waals surface area contributed by atoms with E-state index in [9.17, 15) is 4.79 Å². The van der Waals surface area contributed by atoms with Crippen LogP contribution in [0.1, 0.15) is 31.2 Å². The van der Waals surface area contributed by atoms with E-state index in [1.165, 1.54) is 0 Å². The van der Waals surface area contributed by atoms with Gasteiger partial charge in [-0.2, -0.15) is 0 Å². The van der Waals surface area contributed by atoms with Crippen LogP contribution in [-0.4, -0.2) is 41.7 Å². The molecule has 0 spiro atoms. The molecule has 1 aromatic carbocycles.